The Kier molecular flexibility index (Phi) is 4.33. The molecule has 1 saturated heterocycles. The summed E-state index contributed by atoms with van der Waals surface area (Å²) < 4.78 is 1.82. The Balaban J connectivity index is 1.65. The number of H-pyrrole nitrogens is 1. The molecule has 4 heterocycles. The first-order valence-corrected chi connectivity index (χ1v) is 9.67. The number of carbonyl (C=O) groups excluding carboxylic acids is 1. The Morgan fingerprint density at radius 2 is 1.93 bits per heavy atom. The Morgan fingerprint density at radius 3 is 2.72 bits per heavy atom. The Morgan fingerprint density at radius 1 is 1.14 bits per heavy atom. The van der Waals surface area contributed by atoms with Gasteiger partial charge in [0.05, 0.1) is 22.3 Å². The van der Waals surface area contributed by atoms with Gasteiger partial charge in [0.25, 0.3) is 11.5 Å². The highest BCUT2D eigenvalue weighted by atomic mass is 16.1. The molecule has 1 aromatic carbocycles. The summed E-state index contributed by atoms with van der Waals surface area (Å²) in [5.41, 5.74) is 3.19. The fourth-order valence-corrected chi connectivity index (χ4v) is 4.00. The minimum atomic E-state index is -0.240. The molecule has 8 nitrogen and oxygen atoms in total. The highest BCUT2D eigenvalue weighted by Gasteiger charge is 2.22. The van der Waals surface area contributed by atoms with E-state index in [4.69, 9.17) is 5.10 Å². The number of anilines is 1. The normalized spacial score (nSPS) is 15.0. The first-order valence-electron chi connectivity index (χ1n) is 9.67. The number of aromatic nitrogens is 4. The van der Waals surface area contributed by atoms with Crippen molar-refractivity contribution >= 4 is 28.1 Å². The lowest BCUT2D eigenvalue weighted by atomic mass is 9.94. The van der Waals surface area contributed by atoms with E-state index in [1.807, 2.05) is 22.7 Å². The average molecular weight is 388 g/mol. The van der Waals surface area contributed by atoms with E-state index in [1.165, 1.54) is 0 Å². The molecule has 3 N–H and O–H groups in total. The van der Waals surface area contributed by atoms with Crippen LogP contribution in [0.3, 0.4) is 0 Å². The van der Waals surface area contributed by atoms with Crippen LogP contribution >= 0.6 is 0 Å². The van der Waals surface area contributed by atoms with Crippen LogP contribution in [0, 0.1) is 0 Å². The topological polar surface area (TPSA) is 104 Å². The molecule has 0 saturated carbocycles. The van der Waals surface area contributed by atoms with Crippen LogP contribution in [-0.2, 0) is 0 Å². The number of fused-ring (bicyclic) bond motifs is 3. The smallest absolute Gasteiger partial charge is 0.255 e. The van der Waals surface area contributed by atoms with E-state index in [9.17, 15) is 9.59 Å². The number of nitrogens with zero attached hydrogens (tertiary/aromatic N) is 3. The molecule has 146 valence electrons. The number of piperidine rings is 1. The molecule has 0 radical (unpaired) electrons. The van der Waals surface area contributed by atoms with Gasteiger partial charge in [-0.05, 0) is 50.2 Å². The lowest BCUT2D eigenvalue weighted by Gasteiger charge is -2.23. The molecule has 0 unspecified atom stereocenters. The van der Waals surface area contributed by atoms with Crippen molar-refractivity contribution in [3.8, 4) is 0 Å². The molecule has 3 aromatic heterocycles. The summed E-state index contributed by atoms with van der Waals surface area (Å²) in [4.78, 5) is 31.9. The van der Waals surface area contributed by atoms with E-state index >= 15 is 0 Å². The van der Waals surface area contributed by atoms with Gasteiger partial charge in [0, 0.05) is 29.9 Å². The van der Waals surface area contributed by atoms with E-state index in [1.54, 1.807) is 30.6 Å². The standard InChI is InChI=1S/C21H20N6O2/c28-18-12-17(13-4-8-22-9-5-13)27-20(25-18)19-15(2-1-3-16(19)26-27)24-21(29)14-6-10-23-11-7-14/h1-3,6-7,10-13,22H,4-5,8-9H2,(H,24,29)(H,25,28). The van der Waals surface area contributed by atoms with Crippen molar-refractivity contribution in [2.75, 3.05) is 18.4 Å². The maximum absolute atomic E-state index is 12.7. The molecule has 8 heteroatoms. The fraction of sp³-hybridized carbons (Fsp3) is 0.238. The summed E-state index contributed by atoms with van der Waals surface area (Å²) in [5.74, 6) is 0.0290. The molecular weight excluding hydrogens is 368 g/mol. The lowest BCUT2D eigenvalue weighted by molar-refractivity contribution is 0.102. The molecule has 1 amide bonds. The van der Waals surface area contributed by atoms with Gasteiger partial charge in [-0.3, -0.25) is 14.6 Å². The summed E-state index contributed by atoms with van der Waals surface area (Å²) in [7, 11) is 0. The molecular formula is C21H20N6O2. The van der Waals surface area contributed by atoms with Gasteiger partial charge in [0.15, 0.2) is 0 Å². The number of nitrogens with one attached hydrogen (secondary N) is 3. The summed E-state index contributed by atoms with van der Waals surface area (Å²) in [6, 6.07) is 10.5. The van der Waals surface area contributed by atoms with Gasteiger partial charge >= 0.3 is 0 Å². The number of aromatic amines is 1. The van der Waals surface area contributed by atoms with Gasteiger partial charge in [-0.25, -0.2) is 4.52 Å². The highest BCUT2D eigenvalue weighted by molar-refractivity contribution is 6.11. The number of amides is 1. The maximum Gasteiger partial charge on any atom is 0.255 e. The lowest BCUT2D eigenvalue weighted by Crippen LogP contribution is -2.28. The minimum Gasteiger partial charge on any atom is -0.321 e. The van der Waals surface area contributed by atoms with Crippen LogP contribution in [0.25, 0.3) is 16.6 Å². The number of carbonyl (C=O) groups is 1. The van der Waals surface area contributed by atoms with Crippen LogP contribution in [0.1, 0.15) is 34.8 Å². The van der Waals surface area contributed by atoms with Gasteiger partial charge in [-0.2, -0.15) is 5.10 Å². The van der Waals surface area contributed by atoms with E-state index in [-0.39, 0.29) is 17.4 Å². The van der Waals surface area contributed by atoms with Crippen LogP contribution in [0.4, 0.5) is 5.69 Å². The second-order valence-corrected chi connectivity index (χ2v) is 7.23. The summed E-state index contributed by atoms with van der Waals surface area (Å²) in [6.45, 7) is 1.85. The van der Waals surface area contributed by atoms with Crippen LogP contribution in [0.5, 0.6) is 0 Å². The Bertz CT molecular complexity index is 1250. The van der Waals surface area contributed by atoms with Crippen molar-refractivity contribution in [1.29, 1.82) is 0 Å². The SMILES string of the molecule is O=C(Nc1cccc2nn3c(C4CCNCC4)cc(=O)[nH]c3c12)c1ccncc1. The summed E-state index contributed by atoms with van der Waals surface area (Å²) in [5, 5.41) is 11.8. The Hall–Kier alpha value is -3.52. The van der Waals surface area contributed by atoms with Crippen LogP contribution in [-0.4, -0.2) is 38.6 Å². The van der Waals surface area contributed by atoms with E-state index in [0.717, 1.165) is 42.5 Å². The van der Waals surface area contributed by atoms with Crippen molar-refractivity contribution in [2.45, 2.75) is 18.8 Å². The number of benzene rings is 1. The summed E-state index contributed by atoms with van der Waals surface area (Å²) >= 11 is 0. The van der Waals surface area contributed by atoms with E-state index in [2.05, 4.69) is 20.6 Å². The third-order valence-corrected chi connectivity index (χ3v) is 5.41. The van der Waals surface area contributed by atoms with Crippen LogP contribution in [0.2, 0.25) is 0 Å². The monoisotopic (exact) mass is 388 g/mol. The van der Waals surface area contributed by atoms with Crippen molar-refractivity contribution in [3.05, 3.63) is 70.4 Å². The van der Waals surface area contributed by atoms with Crippen molar-refractivity contribution in [2.24, 2.45) is 0 Å². The van der Waals surface area contributed by atoms with Gasteiger partial charge in [-0.15, -0.1) is 0 Å². The molecule has 0 bridgehead atoms. The van der Waals surface area contributed by atoms with E-state index < -0.39 is 0 Å². The highest BCUT2D eigenvalue weighted by Crippen LogP contribution is 2.30. The molecule has 1 fully saturated rings. The molecule has 1 aliphatic rings. The molecule has 0 atom stereocenters. The molecule has 29 heavy (non-hydrogen) atoms. The molecule has 0 spiro atoms. The summed E-state index contributed by atoms with van der Waals surface area (Å²) in [6.07, 6.45) is 5.07. The molecule has 5 rings (SSSR count). The third-order valence-electron chi connectivity index (χ3n) is 5.41. The predicted octanol–water partition coefficient (Wildman–Crippen LogP) is 2.29. The van der Waals surface area contributed by atoms with Crippen LogP contribution < -0.4 is 16.2 Å². The zero-order valence-electron chi connectivity index (χ0n) is 15.7. The van der Waals surface area contributed by atoms with E-state index in [0.29, 0.717) is 16.9 Å². The second-order valence-electron chi connectivity index (χ2n) is 7.23. The molecule has 1 aliphatic heterocycles. The molecule has 0 aliphatic carbocycles. The number of rotatable bonds is 3. The fourth-order valence-electron chi connectivity index (χ4n) is 4.00. The average Bonchev–Trinajstić information content (AvgIpc) is 3.14. The quantitative estimate of drug-likeness (QED) is 0.500. The first kappa shape index (κ1) is 17.6. The van der Waals surface area contributed by atoms with Gasteiger partial charge in [-0.1, -0.05) is 6.07 Å². The largest absolute Gasteiger partial charge is 0.321 e. The number of hydrogen-bond donors (Lipinski definition) is 3. The van der Waals surface area contributed by atoms with Gasteiger partial charge in [0.1, 0.15) is 5.65 Å². The zero-order valence-corrected chi connectivity index (χ0v) is 15.7. The second kappa shape index (κ2) is 7.14. The minimum absolute atomic E-state index is 0.164. The predicted molar refractivity (Wildman–Crippen MR) is 110 cm³/mol. The zero-order chi connectivity index (χ0) is 19.8. The molecule has 4 aromatic rings. The van der Waals surface area contributed by atoms with Gasteiger partial charge < -0.3 is 15.6 Å². The Labute approximate surface area is 166 Å². The number of hydrogen-bond acceptors (Lipinski definition) is 5. The van der Waals surface area contributed by atoms with Crippen LogP contribution in [0.15, 0.2) is 53.6 Å². The first-order chi connectivity index (χ1) is 14.2. The van der Waals surface area contributed by atoms with Crippen molar-refractivity contribution in [1.82, 2.24) is 24.9 Å². The van der Waals surface area contributed by atoms with Gasteiger partial charge in [0.2, 0.25) is 0 Å². The van der Waals surface area contributed by atoms with Crippen molar-refractivity contribution in [3.63, 3.8) is 0 Å². The van der Waals surface area contributed by atoms with Crippen molar-refractivity contribution < 1.29 is 4.79 Å². The maximum atomic E-state index is 12.7. The number of pyridine rings is 1. The third kappa shape index (κ3) is 3.17.